The Kier molecular flexibility index (Phi) is 8.29. The number of pyridine rings is 1. The Morgan fingerprint density at radius 2 is 1.76 bits per heavy atom. The first kappa shape index (κ1) is 23.5. The van der Waals surface area contributed by atoms with Gasteiger partial charge in [0.15, 0.2) is 11.0 Å². The van der Waals surface area contributed by atoms with E-state index in [0.29, 0.717) is 18.2 Å². The average Bonchev–Trinajstić information content (AvgIpc) is 3.29. The van der Waals surface area contributed by atoms with Crippen molar-refractivity contribution in [1.82, 2.24) is 25.1 Å². The SMILES string of the molecule is CN(CCCNC(=O)CSc1nnc(-c2cccnc2)n1Cc1ccccc1)c1ccccc1. The molecule has 4 rings (SSSR count). The van der Waals surface area contributed by atoms with Crippen molar-refractivity contribution in [2.45, 2.75) is 18.1 Å². The third kappa shape index (κ3) is 6.45. The van der Waals surface area contributed by atoms with E-state index in [-0.39, 0.29) is 11.7 Å². The number of benzene rings is 2. The van der Waals surface area contributed by atoms with E-state index in [2.05, 4.69) is 56.7 Å². The zero-order chi connectivity index (χ0) is 23.6. The standard InChI is InChI=1S/C26H28N6OS/c1-31(23-13-6-3-7-14-23)17-9-16-28-24(33)20-34-26-30-29-25(22-12-8-15-27-18-22)32(26)19-21-10-4-2-5-11-21/h2-8,10-15,18H,9,16-17,19-20H2,1H3,(H,28,33). The Bertz CT molecular complexity index is 1170. The fourth-order valence-corrected chi connectivity index (χ4v) is 4.32. The maximum absolute atomic E-state index is 12.5. The van der Waals surface area contributed by atoms with Crippen LogP contribution in [0.3, 0.4) is 0 Å². The number of amides is 1. The quantitative estimate of drug-likeness (QED) is 0.261. The summed E-state index contributed by atoms with van der Waals surface area (Å²) in [7, 11) is 2.06. The van der Waals surface area contributed by atoms with Crippen LogP contribution in [0.1, 0.15) is 12.0 Å². The fourth-order valence-electron chi connectivity index (χ4n) is 3.55. The van der Waals surface area contributed by atoms with Crippen LogP contribution in [0.2, 0.25) is 0 Å². The van der Waals surface area contributed by atoms with E-state index in [0.717, 1.165) is 29.9 Å². The molecule has 4 aromatic rings. The van der Waals surface area contributed by atoms with Gasteiger partial charge >= 0.3 is 0 Å². The van der Waals surface area contributed by atoms with Crippen LogP contribution < -0.4 is 10.2 Å². The summed E-state index contributed by atoms with van der Waals surface area (Å²) in [6.45, 7) is 2.12. The highest BCUT2D eigenvalue weighted by Gasteiger charge is 2.16. The second-order valence-electron chi connectivity index (χ2n) is 7.87. The molecule has 0 spiro atoms. The number of nitrogens with zero attached hydrogens (tertiary/aromatic N) is 5. The molecule has 2 heterocycles. The maximum Gasteiger partial charge on any atom is 0.230 e. The van der Waals surface area contributed by atoms with E-state index in [9.17, 15) is 4.79 Å². The number of aromatic nitrogens is 4. The van der Waals surface area contributed by atoms with Crippen molar-refractivity contribution in [3.8, 4) is 11.4 Å². The predicted molar refractivity (Wildman–Crippen MR) is 137 cm³/mol. The molecule has 8 heteroatoms. The molecule has 2 aromatic heterocycles. The largest absolute Gasteiger partial charge is 0.375 e. The molecule has 0 aliphatic heterocycles. The molecule has 0 saturated carbocycles. The number of hydrogen-bond acceptors (Lipinski definition) is 6. The van der Waals surface area contributed by atoms with Crippen LogP contribution in [0, 0.1) is 0 Å². The lowest BCUT2D eigenvalue weighted by Crippen LogP contribution is -2.29. The monoisotopic (exact) mass is 472 g/mol. The number of para-hydroxylation sites is 1. The third-order valence-electron chi connectivity index (χ3n) is 5.34. The molecule has 0 saturated heterocycles. The summed E-state index contributed by atoms with van der Waals surface area (Å²) < 4.78 is 2.04. The van der Waals surface area contributed by atoms with E-state index in [4.69, 9.17) is 0 Å². The molecule has 0 radical (unpaired) electrons. The molecule has 1 amide bonds. The van der Waals surface area contributed by atoms with Crippen LogP contribution in [0.4, 0.5) is 5.69 Å². The van der Waals surface area contributed by atoms with Crippen LogP contribution in [0.5, 0.6) is 0 Å². The number of anilines is 1. The van der Waals surface area contributed by atoms with Crippen LogP contribution in [-0.4, -0.2) is 51.5 Å². The predicted octanol–water partition coefficient (Wildman–Crippen LogP) is 4.12. The molecule has 0 aliphatic carbocycles. The van der Waals surface area contributed by atoms with Gasteiger partial charge in [-0.3, -0.25) is 14.3 Å². The second-order valence-corrected chi connectivity index (χ2v) is 8.81. The molecule has 174 valence electrons. The average molecular weight is 473 g/mol. The number of hydrogen-bond donors (Lipinski definition) is 1. The molecule has 7 nitrogen and oxygen atoms in total. The zero-order valence-corrected chi connectivity index (χ0v) is 20.0. The van der Waals surface area contributed by atoms with Crippen LogP contribution >= 0.6 is 11.8 Å². The van der Waals surface area contributed by atoms with Crippen LogP contribution in [-0.2, 0) is 11.3 Å². The lowest BCUT2D eigenvalue weighted by atomic mass is 10.2. The molecular weight excluding hydrogens is 444 g/mol. The Morgan fingerprint density at radius 1 is 1.00 bits per heavy atom. The molecule has 2 aromatic carbocycles. The first-order valence-corrected chi connectivity index (χ1v) is 12.2. The van der Waals surface area contributed by atoms with Gasteiger partial charge in [0.2, 0.25) is 5.91 Å². The van der Waals surface area contributed by atoms with Gasteiger partial charge in [0.1, 0.15) is 0 Å². The molecule has 0 aliphatic rings. The third-order valence-corrected chi connectivity index (χ3v) is 6.31. The van der Waals surface area contributed by atoms with Gasteiger partial charge < -0.3 is 10.2 Å². The minimum absolute atomic E-state index is 0.00967. The number of carbonyl (C=O) groups excluding carboxylic acids is 1. The summed E-state index contributed by atoms with van der Waals surface area (Å²) >= 11 is 1.40. The highest BCUT2D eigenvalue weighted by atomic mass is 32.2. The summed E-state index contributed by atoms with van der Waals surface area (Å²) in [5.41, 5.74) is 3.21. The molecule has 0 atom stereocenters. The van der Waals surface area contributed by atoms with Gasteiger partial charge in [-0.2, -0.15) is 0 Å². The van der Waals surface area contributed by atoms with E-state index in [1.807, 2.05) is 53.1 Å². The summed E-state index contributed by atoms with van der Waals surface area (Å²) in [5.74, 6) is 1.02. The van der Waals surface area contributed by atoms with Gasteiger partial charge in [0.05, 0.1) is 12.3 Å². The van der Waals surface area contributed by atoms with Crippen molar-refractivity contribution in [2.24, 2.45) is 0 Å². The van der Waals surface area contributed by atoms with E-state index in [1.54, 1.807) is 12.4 Å². The van der Waals surface area contributed by atoms with Crippen molar-refractivity contribution < 1.29 is 4.79 Å². The van der Waals surface area contributed by atoms with E-state index < -0.39 is 0 Å². The van der Waals surface area contributed by atoms with Crippen molar-refractivity contribution in [3.63, 3.8) is 0 Å². The number of carbonyl (C=O) groups is 1. The highest BCUT2D eigenvalue weighted by molar-refractivity contribution is 7.99. The zero-order valence-electron chi connectivity index (χ0n) is 19.2. The smallest absolute Gasteiger partial charge is 0.230 e. The normalized spacial score (nSPS) is 10.7. The Morgan fingerprint density at radius 3 is 2.50 bits per heavy atom. The van der Waals surface area contributed by atoms with E-state index in [1.165, 1.54) is 17.4 Å². The fraction of sp³-hybridized carbons (Fsp3) is 0.231. The first-order chi connectivity index (χ1) is 16.7. The number of thioether (sulfide) groups is 1. The van der Waals surface area contributed by atoms with Crippen molar-refractivity contribution in [2.75, 3.05) is 30.8 Å². The van der Waals surface area contributed by atoms with E-state index >= 15 is 0 Å². The van der Waals surface area contributed by atoms with Gasteiger partial charge in [-0.1, -0.05) is 60.3 Å². The van der Waals surface area contributed by atoms with Crippen molar-refractivity contribution >= 4 is 23.4 Å². The van der Waals surface area contributed by atoms with Gasteiger partial charge in [-0.15, -0.1) is 10.2 Å². The second kappa shape index (κ2) is 12.0. The number of nitrogens with one attached hydrogen (secondary N) is 1. The van der Waals surface area contributed by atoms with Gasteiger partial charge in [-0.25, -0.2) is 0 Å². The molecule has 1 N–H and O–H groups in total. The minimum Gasteiger partial charge on any atom is -0.375 e. The lowest BCUT2D eigenvalue weighted by Gasteiger charge is -2.19. The lowest BCUT2D eigenvalue weighted by molar-refractivity contribution is -0.118. The van der Waals surface area contributed by atoms with Gasteiger partial charge in [-0.05, 0) is 36.2 Å². The molecule has 0 fully saturated rings. The Balaban J connectivity index is 1.33. The molecule has 0 unspecified atom stereocenters. The summed E-state index contributed by atoms with van der Waals surface area (Å²) in [4.78, 5) is 18.9. The number of rotatable bonds is 11. The summed E-state index contributed by atoms with van der Waals surface area (Å²) in [6.07, 6.45) is 4.38. The Labute approximate surface area is 204 Å². The topological polar surface area (TPSA) is 75.9 Å². The molecule has 34 heavy (non-hydrogen) atoms. The molecular formula is C26H28N6OS. The summed E-state index contributed by atoms with van der Waals surface area (Å²) in [5, 5.41) is 12.5. The molecule has 0 bridgehead atoms. The van der Waals surface area contributed by atoms with Crippen LogP contribution in [0.15, 0.2) is 90.3 Å². The Hall–Kier alpha value is -3.65. The first-order valence-electron chi connectivity index (χ1n) is 11.2. The summed E-state index contributed by atoms with van der Waals surface area (Å²) in [6, 6.07) is 24.2. The maximum atomic E-state index is 12.5. The van der Waals surface area contributed by atoms with Crippen molar-refractivity contribution in [1.29, 1.82) is 0 Å². The van der Waals surface area contributed by atoms with Crippen LogP contribution in [0.25, 0.3) is 11.4 Å². The minimum atomic E-state index is -0.00967. The van der Waals surface area contributed by atoms with Gasteiger partial charge in [0.25, 0.3) is 0 Å². The highest BCUT2D eigenvalue weighted by Crippen LogP contribution is 2.24. The van der Waals surface area contributed by atoms with Crippen molar-refractivity contribution in [3.05, 3.63) is 90.8 Å². The van der Waals surface area contributed by atoms with Gasteiger partial charge in [0, 0.05) is 43.8 Å².